The fourth-order valence-electron chi connectivity index (χ4n) is 2.24. The molecule has 3 rings (SSSR count). The van der Waals surface area contributed by atoms with Crippen LogP contribution >= 0.6 is 11.3 Å². The summed E-state index contributed by atoms with van der Waals surface area (Å²) in [6.07, 6.45) is 0.0779. The highest BCUT2D eigenvalue weighted by Crippen LogP contribution is 2.32. The minimum absolute atomic E-state index is 0. The molecule has 190 valence electrons. The number of hydrogen-bond acceptors (Lipinski definition) is 5. The van der Waals surface area contributed by atoms with Crippen molar-refractivity contribution in [1.29, 1.82) is 0 Å². The third-order valence-electron chi connectivity index (χ3n) is 3.56. The summed E-state index contributed by atoms with van der Waals surface area (Å²) >= 11 is 1.64. The average Bonchev–Trinajstić information content (AvgIpc) is 3.20. The molecular weight excluding hydrogens is 437 g/mol. The Morgan fingerprint density at radius 1 is 0.970 bits per heavy atom. The molecule has 0 unspecified atom stereocenters. The molecule has 33 heavy (non-hydrogen) atoms. The normalized spacial score (nSPS) is 9.06. The minimum atomic E-state index is -0.488. The number of rotatable bonds is 6. The Kier molecular flexibility index (Phi) is 21.7. The molecule has 3 aromatic rings. The van der Waals surface area contributed by atoms with E-state index in [4.69, 9.17) is 9.72 Å². The summed E-state index contributed by atoms with van der Waals surface area (Å²) in [5, 5.41) is 4.45. The average molecular weight is 484 g/mol. The molecule has 0 saturated heterocycles. The van der Waals surface area contributed by atoms with Crippen LogP contribution < -0.4 is 10.1 Å². The summed E-state index contributed by atoms with van der Waals surface area (Å²) in [7, 11) is 0. The van der Waals surface area contributed by atoms with E-state index in [1.165, 1.54) is 0 Å². The number of carbonyl (C=O) groups excluding carboxylic acids is 1. The number of nitrogens with zero attached hydrogens (tertiary/aromatic N) is 2. The van der Waals surface area contributed by atoms with Crippen LogP contribution in [0.4, 0.5) is 4.39 Å². The molecule has 7 heteroatoms. The maximum absolute atomic E-state index is 11.4. The maximum atomic E-state index is 11.4. The summed E-state index contributed by atoms with van der Waals surface area (Å²) < 4.78 is 17.2. The van der Waals surface area contributed by atoms with Crippen LogP contribution in [0.2, 0.25) is 0 Å². The summed E-state index contributed by atoms with van der Waals surface area (Å²) in [6, 6.07) is 11.9. The molecule has 0 aliphatic carbocycles. The molecule has 2 heterocycles. The van der Waals surface area contributed by atoms with Gasteiger partial charge in [-0.1, -0.05) is 69.2 Å². The quantitative estimate of drug-likeness (QED) is 0.385. The first-order valence-corrected chi connectivity index (χ1v) is 10.1. The van der Waals surface area contributed by atoms with Gasteiger partial charge >= 0.3 is 0 Å². The molecule has 1 amide bonds. The Morgan fingerprint density at radius 2 is 1.55 bits per heavy atom. The van der Waals surface area contributed by atoms with E-state index in [-0.39, 0.29) is 61.6 Å². The number of nitrogens with one attached hydrogen (secondary N) is 1. The van der Waals surface area contributed by atoms with E-state index < -0.39 is 6.67 Å². The third-order valence-corrected chi connectivity index (χ3v) is 4.44. The Hall–Kier alpha value is -2.54. The number of para-hydroxylation sites is 2. The molecule has 0 saturated carbocycles. The van der Waals surface area contributed by atoms with Gasteiger partial charge in [0.25, 0.3) is 0 Å². The van der Waals surface area contributed by atoms with Crippen LogP contribution in [0.5, 0.6) is 5.88 Å². The van der Waals surface area contributed by atoms with Gasteiger partial charge in [-0.05, 0) is 37.4 Å². The first kappa shape index (κ1) is 37.8. The lowest BCUT2D eigenvalue weighted by Crippen LogP contribution is -2.29. The molecule has 0 bridgehead atoms. The van der Waals surface area contributed by atoms with Crippen molar-refractivity contribution in [2.45, 2.75) is 70.9 Å². The van der Waals surface area contributed by atoms with E-state index in [1.807, 2.05) is 55.6 Å². The van der Waals surface area contributed by atoms with Crippen LogP contribution in [-0.4, -0.2) is 35.2 Å². The van der Waals surface area contributed by atoms with Gasteiger partial charge in [-0.15, -0.1) is 11.3 Å². The zero-order chi connectivity index (χ0) is 20.5. The van der Waals surface area contributed by atoms with Crippen LogP contribution in [0.3, 0.4) is 0 Å². The molecule has 5 nitrogen and oxygen atoms in total. The van der Waals surface area contributed by atoms with Crippen molar-refractivity contribution >= 4 is 28.3 Å². The van der Waals surface area contributed by atoms with Crippen molar-refractivity contribution in [3.05, 3.63) is 41.8 Å². The smallest absolute Gasteiger partial charge is 0.242 e. The predicted molar refractivity (Wildman–Crippen MR) is 146 cm³/mol. The van der Waals surface area contributed by atoms with Gasteiger partial charge in [0.1, 0.15) is 12.4 Å². The van der Waals surface area contributed by atoms with E-state index in [9.17, 15) is 9.18 Å². The van der Waals surface area contributed by atoms with Gasteiger partial charge in [-0.3, -0.25) is 4.79 Å². The number of halogens is 1. The molecule has 1 aromatic carbocycles. The minimum Gasteiger partial charge on any atom is -0.473 e. The van der Waals surface area contributed by atoms with Crippen molar-refractivity contribution in [3.8, 4) is 16.5 Å². The van der Waals surface area contributed by atoms with E-state index in [0.717, 1.165) is 21.6 Å². The SMILES string of the molecule is C.C.C.C.C.CC(C)C(=O)NCCF.CC(C)Oc1nc2ccccc2nc1-c1cccs1. The van der Waals surface area contributed by atoms with E-state index >= 15 is 0 Å². The van der Waals surface area contributed by atoms with Crippen LogP contribution in [0.1, 0.15) is 64.8 Å². The number of alkyl halides is 1. The fraction of sp³-hybridized carbons (Fsp3) is 0.500. The number of benzene rings is 1. The highest BCUT2D eigenvalue weighted by atomic mass is 32.1. The van der Waals surface area contributed by atoms with Gasteiger partial charge in [0, 0.05) is 12.5 Å². The molecule has 0 radical (unpaired) electrons. The van der Waals surface area contributed by atoms with E-state index in [0.29, 0.717) is 5.88 Å². The standard InChI is InChI=1S/C15H14N2OS.C6H12FNO.5CH4/c1-10(2)18-15-14(13-8-5-9-19-13)16-11-6-3-4-7-12(11)17-15;1-5(2)6(9)8-4-3-7;;;;;/h3-10H,1-2H3;5H,3-4H2,1-2H3,(H,8,9);5*1H4. The van der Waals surface area contributed by atoms with E-state index in [2.05, 4.69) is 10.3 Å². The topological polar surface area (TPSA) is 64.1 Å². The highest BCUT2D eigenvalue weighted by molar-refractivity contribution is 7.13. The molecule has 0 aliphatic rings. The molecule has 0 aliphatic heterocycles. The van der Waals surface area contributed by atoms with Gasteiger partial charge in [-0.25, -0.2) is 14.4 Å². The highest BCUT2D eigenvalue weighted by Gasteiger charge is 2.14. The summed E-state index contributed by atoms with van der Waals surface area (Å²) in [5.41, 5.74) is 2.57. The van der Waals surface area contributed by atoms with Crippen molar-refractivity contribution in [3.63, 3.8) is 0 Å². The first-order valence-electron chi connectivity index (χ1n) is 9.23. The van der Waals surface area contributed by atoms with Gasteiger partial charge < -0.3 is 10.1 Å². The van der Waals surface area contributed by atoms with Crippen LogP contribution in [-0.2, 0) is 4.79 Å². The molecule has 1 N–H and O–H groups in total. The van der Waals surface area contributed by atoms with Crippen molar-refractivity contribution < 1.29 is 13.9 Å². The summed E-state index contributed by atoms with van der Waals surface area (Å²) in [5.74, 6) is 0.473. The Morgan fingerprint density at radius 3 is 2.00 bits per heavy atom. The van der Waals surface area contributed by atoms with Gasteiger partial charge in [-0.2, -0.15) is 0 Å². The van der Waals surface area contributed by atoms with Crippen molar-refractivity contribution in [2.75, 3.05) is 13.2 Å². The molecule has 0 atom stereocenters. The number of fused-ring (bicyclic) bond motifs is 1. The van der Waals surface area contributed by atoms with Crippen LogP contribution in [0.25, 0.3) is 21.6 Å². The Balaban J connectivity index is -0.000000266. The van der Waals surface area contributed by atoms with Gasteiger partial charge in [0.2, 0.25) is 11.8 Å². The zero-order valence-corrected chi connectivity index (χ0v) is 17.4. The zero-order valence-electron chi connectivity index (χ0n) is 16.6. The lowest BCUT2D eigenvalue weighted by atomic mass is 10.2. The Labute approximate surface area is 205 Å². The second kappa shape index (κ2) is 19.0. The second-order valence-corrected chi connectivity index (χ2v) is 7.59. The number of ether oxygens (including phenoxy) is 1. The first-order chi connectivity index (χ1) is 13.4. The molecular formula is C26H46FN3O2S. The molecule has 2 aromatic heterocycles. The summed E-state index contributed by atoms with van der Waals surface area (Å²) in [4.78, 5) is 21.0. The number of amides is 1. The monoisotopic (exact) mass is 483 g/mol. The van der Waals surface area contributed by atoms with Crippen LogP contribution in [0, 0.1) is 5.92 Å². The number of carbonyl (C=O) groups is 1. The second-order valence-electron chi connectivity index (χ2n) is 6.64. The van der Waals surface area contributed by atoms with Gasteiger partial charge in [0.15, 0.2) is 0 Å². The predicted octanol–water partition coefficient (Wildman–Crippen LogP) is 8.05. The maximum Gasteiger partial charge on any atom is 0.242 e. The number of aromatic nitrogens is 2. The lowest BCUT2D eigenvalue weighted by molar-refractivity contribution is -0.124. The molecule has 0 fully saturated rings. The van der Waals surface area contributed by atoms with E-state index in [1.54, 1.807) is 25.2 Å². The van der Waals surface area contributed by atoms with Crippen molar-refractivity contribution in [1.82, 2.24) is 15.3 Å². The molecule has 0 spiro atoms. The summed E-state index contributed by atoms with van der Waals surface area (Å²) in [6.45, 7) is 7.18. The number of thiophene rings is 1. The van der Waals surface area contributed by atoms with Crippen LogP contribution in [0.15, 0.2) is 41.8 Å². The fourth-order valence-corrected chi connectivity index (χ4v) is 2.94. The third kappa shape index (κ3) is 11.8. The largest absolute Gasteiger partial charge is 0.473 e. The number of hydrogen-bond donors (Lipinski definition) is 1. The van der Waals surface area contributed by atoms with Crippen molar-refractivity contribution in [2.24, 2.45) is 5.92 Å². The van der Waals surface area contributed by atoms with Gasteiger partial charge in [0.05, 0.1) is 22.0 Å². The lowest BCUT2D eigenvalue weighted by Gasteiger charge is -2.12. The Bertz CT molecular complexity index is 884.